The van der Waals surface area contributed by atoms with Gasteiger partial charge in [0.15, 0.2) is 5.96 Å². The minimum Gasteiger partial charge on any atom is -0.497 e. The van der Waals surface area contributed by atoms with Crippen molar-refractivity contribution in [1.29, 1.82) is 0 Å². The van der Waals surface area contributed by atoms with Gasteiger partial charge in [0.2, 0.25) is 0 Å². The molecule has 0 bridgehead atoms. The Morgan fingerprint density at radius 3 is 2.71 bits per heavy atom. The predicted molar refractivity (Wildman–Crippen MR) is 98.4 cm³/mol. The van der Waals surface area contributed by atoms with Gasteiger partial charge >= 0.3 is 0 Å². The summed E-state index contributed by atoms with van der Waals surface area (Å²) in [7, 11) is 1.64. The van der Waals surface area contributed by atoms with Crippen molar-refractivity contribution in [1.82, 2.24) is 0 Å². The molecular formula is C19H25N3O2. The standard InChI is InChI=1S/C19H25N3O2/c1-23-18-11-7-10-17(14-18)22-19(20)21-12-5-6-13-24-15-16-8-3-2-4-9-16/h2-4,7-11,14H,5-6,12-13,15H2,1H3,(H3,20,21,22). The van der Waals surface area contributed by atoms with E-state index in [4.69, 9.17) is 15.2 Å². The molecule has 128 valence electrons. The highest BCUT2D eigenvalue weighted by Gasteiger charge is 1.97. The summed E-state index contributed by atoms with van der Waals surface area (Å²) in [5.74, 6) is 1.19. The number of hydrogen-bond donors (Lipinski definition) is 2. The lowest BCUT2D eigenvalue weighted by Gasteiger charge is -2.07. The topological polar surface area (TPSA) is 68.9 Å². The highest BCUT2D eigenvalue weighted by Crippen LogP contribution is 2.16. The van der Waals surface area contributed by atoms with E-state index in [1.807, 2.05) is 42.5 Å². The average Bonchev–Trinajstić information content (AvgIpc) is 2.62. The average molecular weight is 327 g/mol. The van der Waals surface area contributed by atoms with Gasteiger partial charge in [-0.05, 0) is 30.5 Å². The molecule has 0 heterocycles. The first-order chi connectivity index (χ1) is 11.8. The van der Waals surface area contributed by atoms with Gasteiger partial charge in [-0.1, -0.05) is 36.4 Å². The maximum Gasteiger partial charge on any atom is 0.193 e. The summed E-state index contributed by atoms with van der Waals surface area (Å²) in [6.45, 7) is 2.06. The van der Waals surface area contributed by atoms with E-state index in [9.17, 15) is 0 Å². The van der Waals surface area contributed by atoms with Crippen LogP contribution in [-0.4, -0.2) is 26.2 Å². The Labute approximate surface area is 143 Å². The van der Waals surface area contributed by atoms with E-state index < -0.39 is 0 Å². The van der Waals surface area contributed by atoms with Gasteiger partial charge in [0, 0.05) is 24.9 Å². The number of anilines is 1. The van der Waals surface area contributed by atoms with Crippen molar-refractivity contribution in [3.05, 3.63) is 60.2 Å². The Hall–Kier alpha value is -2.53. The van der Waals surface area contributed by atoms with E-state index in [1.54, 1.807) is 7.11 Å². The Morgan fingerprint density at radius 2 is 1.92 bits per heavy atom. The highest BCUT2D eigenvalue weighted by atomic mass is 16.5. The zero-order valence-corrected chi connectivity index (χ0v) is 14.1. The largest absolute Gasteiger partial charge is 0.497 e. The molecule has 0 spiro atoms. The van der Waals surface area contributed by atoms with Crippen LogP contribution in [0.3, 0.4) is 0 Å². The van der Waals surface area contributed by atoms with E-state index in [-0.39, 0.29) is 0 Å². The zero-order chi connectivity index (χ0) is 17.0. The molecule has 0 radical (unpaired) electrons. The van der Waals surface area contributed by atoms with Crippen LogP contribution < -0.4 is 15.8 Å². The monoisotopic (exact) mass is 327 g/mol. The van der Waals surface area contributed by atoms with E-state index in [2.05, 4.69) is 22.4 Å². The van der Waals surface area contributed by atoms with E-state index in [0.29, 0.717) is 19.1 Å². The van der Waals surface area contributed by atoms with Gasteiger partial charge in [-0.3, -0.25) is 4.99 Å². The summed E-state index contributed by atoms with van der Waals surface area (Å²) in [5.41, 5.74) is 7.94. The van der Waals surface area contributed by atoms with Crippen molar-refractivity contribution in [2.75, 3.05) is 25.6 Å². The molecule has 2 aromatic carbocycles. The fraction of sp³-hybridized carbons (Fsp3) is 0.316. The van der Waals surface area contributed by atoms with Crippen molar-refractivity contribution in [2.45, 2.75) is 19.4 Å². The van der Waals surface area contributed by atoms with Gasteiger partial charge in [0.25, 0.3) is 0 Å². The van der Waals surface area contributed by atoms with Crippen LogP contribution in [-0.2, 0) is 11.3 Å². The summed E-state index contributed by atoms with van der Waals surface area (Å²) < 4.78 is 10.8. The Kier molecular flexibility index (Phi) is 7.63. The molecule has 0 fully saturated rings. The second-order valence-electron chi connectivity index (χ2n) is 5.37. The van der Waals surface area contributed by atoms with Gasteiger partial charge < -0.3 is 20.5 Å². The number of nitrogens with two attached hydrogens (primary N) is 1. The van der Waals surface area contributed by atoms with Crippen molar-refractivity contribution in [3.63, 3.8) is 0 Å². The molecule has 0 unspecified atom stereocenters. The van der Waals surface area contributed by atoms with E-state index >= 15 is 0 Å². The number of nitrogens with zero attached hydrogens (tertiary/aromatic N) is 1. The van der Waals surface area contributed by atoms with Crippen LogP contribution in [0.4, 0.5) is 5.69 Å². The first-order valence-electron chi connectivity index (χ1n) is 8.10. The highest BCUT2D eigenvalue weighted by molar-refractivity contribution is 5.92. The summed E-state index contributed by atoms with van der Waals surface area (Å²) >= 11 is 0. The first-order valence-corrected chi connectivity index (χ1v) is 8.10. The van der Waals surface area contributed by atoms with Crippen molar-refractivity contribution in [2.24, 2.45) is 10.7 Å². The molecule has 0 atom stereocenters. The van der Waals surface area contributed by atoms with Crippen molar-refractivity contribution >= 4 is 11.6 Å². The lowest BCUT2D eigenvalue weighted by atomic mass is 10.2. The third-order valence-corrected chi connectivity index (χ3v) is 3.43. The molecule has 5 heteroatoms. The Balaban J connectivity index is 1.59. The quantitative estimate of drug-likeness (QED) is 0.421. The molecule has 0 aliphatic rings. The van der Waals surface area contributed by atoms with Crippen LogP contribution in [0, 0.1) is 0 Å². The SMILES string of the molecule is COc1cccc(NC(N)=NCCCCOCc2ccccc2)c1. The Morgan fingerprint density at radius 1 is 1.08 bits per heavy atom. The number of benzene rings is 2. The molecule has 5 nitrogen and oxygen atoms in total. The molecule has 0 aromatic heterocycles. The first kappa shape index (κ1) is 17.8. The molecule has 0 saturated carbocycles. The lowest BCUT2D eigenvalue weighted by Crippen LogP contribution is -2.22. The molecule has 0 aliphatic carbocycles. The Bertz CT molecular complexity index is 630. The summed E-state index contributed by atoms with van der Waals surface area (Å²) in [6.07, 6.45) is 1.90. The minimum absolute atomic E-state index is 0.411. The number of methoxy groups -OCH3 is 1. The second kappa shape index (κ2) is 10.3. The molecule has 0 aliphatic heterocycles. The lowest BCUT2D eigenvalue weighted by molar-refractivity contribution is 0.117. The number of guanidine groups is 1. The van der Waals surface area contributed by atoms with Gasteiger partial charge in [-0.25, -0.2) is 0 Å². The van der Waals surface area contributed by atoms with E-state index in [1.165, 1.54) is 5.56 Å². The number of ether oxygens (including phenoxy) is 2. The maximum atomic E-state index is 5.88. The van der Waals surface area contributed by atoms with Crippen LogP contribution >= 0.6 is 0 Å². The fourth-order valence-corrected chi connectivity index (χ4v) is 2.17. The van der Waals surface area contributed by atoms with Crippen LogP contribution in [0.1, 0.15) is 18.4 Å². The van der Waals surface area contributed by atoms with Crippen molar-refractivity contribution in [3.8, 4) is 5.75 Å². The molecule has 0 saturated heterocycles. The van der Waals surface area contributed by atoms with Crippen LogP contribution in [0.25, 0.3) is 0 Å². The van der Waals surface area contributed by atoms with Gasteiger partial charge in [0.05, 0.1) is 13.7 Å². The van der Waals surface area contributed by atoms with Gasteiger partial charge in [0.1, 0.15) is 5.75 Å². The molecule has 0 amide bonds. The second-order valence-corrected chi connectivity index (χ2v) is 5.37. The normalized spacial score (nSPS) is 11.3. The van der Waals surface area contributed by atoms with Crippen LogP contribution in [0.15, 0.2) is 59.6 Å². The molecule has 24 heavy (non-hydrogen) atoms. The molecular weight excluding hydrogens is 302 g/mol. The summed E-state index contributed by atoms with van der Waals surface area (Å²) in [6, 6.07) is 17.8. The third-order valence-electron chi connectivity index (χ3n) is 3.43. The number of nitrogens with one attached hydrogen (secondary N) is 1. The molecule has 2 rings (SSSR count). The fourth-order valence-electron chi connectivity index (χ4n) is 2.17. The summed E-state index contributed by atoms with van der Waals surface area (Å²) in [4.78, 5) is 4.32. The number of hydrogen-bond acceptors (Lipinski definition) is 3. The maximum absolute atomic E-state index is 5.88. The number of unbranched alkanes of at least 4 members (excludes halogenated alkanes) is 1. The van der Waals surface area contributed by atoms with E-state index in [0.717, 1.165) is 30.9 Å². The van der Waals surface area contributed by atoms with Gasteiger partial charge in [-0.15, -0.1) is 0 Å². The summed E-state index contributed by atoms with van der Waals surface area (Å²) in [5, 5.41) is 3.06. The molecule has 3 N–H and O–H groups in total. The van der Waals surface area contributed by atoms with Crippen LogP contribution in [0.2, 0.25) is 0 Å². The minimum atomic E-state index is 0.411. The van der Waals surface area contributed by atoms with Crippen molar-refractivity contribution < 1.29 is 9.47 Å². The predicted octanol–water partition coefficient (Wildman–Crippen LogP) is 3.42. The third kappa shape index (κ3) is 6.71. The molecule has 2 aromatic rings. The van der Waals surface area contributed by atoms with Crippen LogP contribution in [0.5, 0.6) is 5.75 Å². The number of aliphatic imine (C=N–C) groups is 1. The smallest absolute Gasteiger partial charge is 0.193 e. The number of rotatable bonds is 9. The zero-order valence-electron chi connectivity index (χ0n) is 14.1. The van der Waals surface area contributed by atoms with Gasteiger partial charge in [-0.2, -0.15) is 0 Å².